The van der Waals surface area contributed by atoms with Gasteiger partial charge in [-0.1, -0.05) is 13.8 Å². The van der Waals surface area contributed by atoms with Gasteiger partial charge < -0.3 is 15.0 Å². The number of rotatable bonds is 2. The van der Waals surface area contributed by atoms with E-state index >= 15 is 0 Å². The summed E-state index contributed by atoms with van der Waals surface area (Å²) in [6.07, 6.45) is 1.01. The first-order chi connectivity index (χ1) is 7.61. The van der Waals surface area contributed by atoms with Gasteiger partial charge in [0.1, 0.15) is 0 Å². The van der Waals surface area contributed by atoms with Crippen molar-refractivity contribution in [3.05, 3.63) is 0 Å². The second kappa shape index (κ2) is 4.72. The average molecular weight is 226 g/mol. The van der Waals surface area contributed by atoms with Gasteiger partial charge >= 0.3 is 0 Å². The fraction of sp³-hybridized carbons (Fsp3) is 0.917. The lowest BCUT2D eigenvalue weighted by atomic mass is 10.0. The molecule has 0 aliphatic carbocycles. The van der Waals surface area contributed by atoms with Gasteiger partial charge in [0, 0.05) is 26.7 Å². The molecule has 0 aromatic carbocycles. The molecule has 2 saturated heterocycles. The van der Waals surface area contributed by atoms with E-state index in [4.69, 9.17) is 4.74 Å². The third-order valence-corrected chi connectivity index (χ3v) is 4.02. The zero-order valence-electron chi connectivity index (χ0n) is 10.4. The molecule has 2 rings (SSSR count). The summed E-state index contributed by atoms with van der Waals surface area (Å²) in [7, 11) is 1.71. The van der Waals surface area contributed by atoms with Crippen molar-refractivity contribution in [2.45, 2.75) is 32.4 Å². The van der Waals surface area contributed by atoms with Crippen molar-refractivity contribution >= 4 is 5.91 Å². The molecule has 0 radical (unpaired) electrons. The lowest BCUT2D eigenvalue weighted by molar-refractivity contribution is -0.132. The number of nitrogens with zero attached hydrogens (tertiary/aromatic N) is 1. The second-order valence-corrected chi connectivity index (χ2v) is 5.25. The molecular weight excluding hydrogens is 204 g/mol. The summed E-state index contributed by atoms with van der Waals surface area (Å²) in [6.45, 7) is 7.06. The Balaban J connectivity index is 1.89. The van der Waals surface area contributed by atoms with Gasteiger partial charge in [0.15, 0.2) is 0 Å². The van der Waals surface area contributed by atoms with Gasteiger partial charge in [0.05, 0.1) is 12.1 Å². The van der Waals surface area contributed by atoms with Crippen molar-refractivity contribution < 1.29 is 9.53 Å². The van der Waals surface area contributed by atoms with Gasteiger partial charge in [-0.05, 0) is 18.3 Å². The predicted molar refractivity (Wildman–Crippen MR) is 62.1 cm³/mol. The third kappa shape index (κ3) is 2.23. The Morgan fingerprint density at radius 1 is 1.31 bits per heavy atom. The number of ether oxygens (including phenoxy) is 1. The zero-order valence-corrected chi connectivity index (χ0v) is 10.4. The van der Waals surface area contributed by atoms with Crippen molar-refractivity contribution in [1.82, 2.24) is 10.2 Å². The molecule has 0 bridgehead atoms. The molecule has 92 valence electrons. The highest BCUT2D eigenvalue weighted by Gasteiger charge is 2.36. The van der Waals surface area contributed by atoms with E-state index in [0.29, 0.717) is 11.8 Å². The molecule has 2 aliphatic heterocycles. The van der Waals surface area contributed by atoms with Gasteiger partial charge in [0.25, 0.3) is 0 Å². The molecule has 2 aliphatic rings. The normalized spacial score (nSPS) is 39.3. The maximum absolute atomic E-state index is 12.2. The number of methoxy groups -OCH3 is 1. The third-order valence-electron chi connectivity index (χ3n) is 4.02. The lowest BCUT2D eigenvalue weighted by Gasteiger charge is -2.20. The van der Waals surface area contributed by atoms with Gasteiger partial charge in [-0.3, -0.25) is 4.79 Å². The van der Waals surface area contributed by atoms with Crippen molar-refractivity contribution in [2.24, 2.45) is 11.8 Å². The van der Waals surface area contributed by atoms with Crippen LogP contribution >= 0.6 is 0 Å². The molecular formula is C12H22N2O2. The molecule has 1 amide bonds. The van der Waals surface area contributed by atoms with Crippen LogP contribution in [0.15, 0.2) is 0 Å². The van der Waals surface area contributed by atoms with Crippen molar-refractivity contribution in [3.63, 3.8) is 0 Å². The fourth-order valence-corrected chi connectivity index (χ4v) is 2.60. The Morgan fingerprint density at radius 3 is 2.44 bits per heavy atom. The maximum Gasteiger partial charge on any atom is 0.239 e. The molecule has 0 spiro atoms. The van der Waals surface area contributed by atoms with Gasteiger partial charge in [-0.15, -0.1) is 0 Å². The van der Waals surface area contributed by atoms with Crippen LogP contribution in [0.4, 0.5) is 0 Å². The van der Waals surface area contributed by atoms with Crippen LogP contribution in [0.3, 0.4) is 0 Å². The summed E-state index contributed by atoms with van der Waals surface area (Å²) in [5.41, 5.74) is 0. The molecule has 4 nitrogen and oxygen atoms in total. The van der Waals surface area contributed by atoms with Gasteiger partial charge in [0.2, 0.25) is 5.91 Å². The number of nitrogens with one attached hydrogen (secondary N) is 1. The Kier molecular flexibility index (Phi) is 3.50. The van der Waals surface area contributed by atoms with Crippen LogP contribution in [0.2, 0.25) is 0 Å². The monoisotopic (exact) mass is 226 g/mol. The number of likely N-dealkylation sites (tertiary alicyclic amines) is 1. The summed E-state index contributed by atoms with van der Waals surface area (Å²) < 4.78 is 5.26. The molecule has 0 aromatic heterocycles. The Labute approximate surface area is 97.3 Å². The molecule has 0 aromatic rings. The van der Waals surface area contributed by atoms with E-state index in [1.54, 1.807) is 7.11 Å². The number of hydrogen-bond donors (Lipinski definition) is 1. The first-order valence-corrected chi connectivity index (χ1v) is 6.16. The maximum atomic E-state index is 12.2. The minimum Gasteiger partial charge on any atom is -0.380 e. The van der Waals surface area contributed by atoms with Crippen LogP contribution in [0.25, 0.3) is 0 Å². The minimum atomic E-state index is -0.0255. The summed E-state index contributed by atoms with van der Waals surface area (Å²) in [5, 5.41) is 3.25. The Morgan fingerprint density at radius 2 is 1.94 bits per heavy atom. The van der Waals surface area contributed by atoms with E-state index < -0.39 is 0 Å². The summed E-state index contributed by atoms with van der Waals surface area (Å²) in [6, 6.07) is -0.0255. The van der Waals surface area contributed by atoms with Crippen LogP contribution < -0.4 is 5.32 Å². The van der Waals surface area contributed by atoms with Gasteiger partial charge in [-0.25, -0.2) is 0 Å². The van der Waals surface area contributed by atoms with Crippen LogP contribution in [0.5, 0.6) is 0 Å². The molecule has 4 heteroatoms. The van der Waals surface area contributed by atoms with E-state index in [9.17, 15) is 4.79 Å². The number of carbonyl (C=O) groups excluding carboxylic acids is 1. The standard InChI is InChI=1S/C12H22N2O2/c1-8-6-14(7-9(8)2)12(15)11-4-10(16-3)5-13-11/h8-11,13H,4-7H2,1-3H3. The van der Waals surface area contributed by atoms with Crippen molar-refractivity contribution in [3.8, 4) is 0 Å². The lowest BCUT2D eigenvalue weighted by Crippen LogP contribution is -2.42. The van der Waals surface area contributed by atoms with Crippen LogP contribution in [0.1, 0.15) is 20.3 Å². The zero-order chi connectivity index (χ0) is 11.7. The molecule has 4 atom stereocenters. The average Bonchev–Trinajstić information content (AvgIpc) is 2.86. The molecule has 4 unspecified atom stereocenters. The summed E-state index contributed by atoms with van der Waals surface area (Å²) in [5.74, 6) is 1.52. The summed E-state index contributed by atoms with van der Waals surface area (Å²) in [4.78, 5) is 14.2. The molecule has 2 fully saturated rings. The largest absolute Gasteiger partial charge is 0.380 e. The molecule has 1 N–H and O–H groups in total. The number of amides is 1. The highest BCUT2D eigenvalue weighted by atomic mass is 16.5. The van der Waals surface area contributed by atoms with Crippen LogP contribution in [-0.4, -0.2) is 49.7 Å². The number of carbonyl (C=O) groups is 1. The predicted octanol–water partition coefficient (Wildman–Crippen LogP) is 0.478. The van der Waals surface area contributed by atoms with Crippen LogP contribution in [-0.2, 0) is 9.53 Å². The van der Waals surface area contributed by atoms with Crippen molar-refractivity contribution in [2.75, 3.05) is 26.7 Å². The van der Waals surface area contributed by atoms with E-state index in [1.165, 1.54) is 0 Å². The smallest absolute Gasteiger partial charge is 0.239 e. The highest BCUT2D eigenvalue weighted by Crippen LogP contribution is 2.24. The molecule has 0 saturated carbocycles. The highest BCUT2D eigenvalue weighted by molar-refractivity contribution is 5.82. The SMILES string of the molecule is COC1CNC(C(=O)N2CC(C)C(C)C2)C1. The quantitative estimate of drug-likeness (QED) is 0.744. The first-order valence-electron chi connectivity index (χ1n) is 6.16. The van der Waals surface area contributed by atoms with Crippen molar-refractivity contribution in [1.29, 1.82) is 0 Å². The second-order valence-electron chi connectivity index (χ2n) is 5.25. The number of hydrogen-bond acceptors (Lipinski definition) is 3. The minimum absolute atomic E-state index is 0.0255. The Bertz CT molecular complexity index is 260. The molecule has 2 heterocycles. The van der Waals surface area contributed by atoms with Gasteiger partial charge in [-0.2, -0.15) is 0 Å². The Hall–Kier alpha value is -0.610. The van der Waals surface area contributed by atoms with Crippen LogP contribution in [0, 0.1) is 11.8 Å². The first kappa shape index (κ1) is 11.9. The fourth-order valence-electron chi connectivity index (χ4n) is 2.60. The molecule has 16 heavy (non-hydrogen) atoms. The topological polar surface area (TPSA) is 41.6 Å². The summed E-state index contributed by atoms with van der Waals surface area (Å²) >= 11 is 0. The van der Waals surface area contributed by atoms with E-state index in [2.05, 4.69) is 19.2 Å². The van der Waals surface area contributed by atoms with E-state index in [-0.39, 0.29) is 18.1 Å². The van der Waals surface area contributed by atoms with E-state index in [0.717, 1.165) is 26.1 Å². The van der Waals surface area contributed by atoms with E-state index in [1.807, 2.05) is 4.90 Å².